The highest BCUT2D eigenvalue weighted by Crippen LogP contribution is 2.43. The third kappa shape index (κ3) is 69.1. The van der Waals surface area contributed by atoms with Crippen LogP contribution >= 0.6 is 7.82 Å². The van der Waals surface area contributed by atoms with Gasteiger partial charge in [0.25, 0.3) is 0 Å². The normalized spacial score (nSPS) is 14.0. The van der Waals surface area contributed by atoms with Crippen LogP contribution < -0.4 is 5.32 Å². The highest BCUT2D eigenvalue weighted by Gasteiger charge is 2.30. The molecule has 1 amide bonds. The predicted octanol–water partition coefficient (Wildman–Crippen LogP) is 24.2. The summed E-state index contributed by atoms with van der Waals surface area (Å²) in [5.41, 5.74) is 0. The van der Waals surface area contributed by atoms with E-state index in [4.69, 9.17) is 13.8 Å². The Hall–Kier alpha value is -3.07. The predicted molar refractivity (Wildman–Crippen MR) is 387 cm³/mol. The average Bonchev–Trinajstić information content (AvgIpc) is 3.57. The fourth-order valence-corrected chi connectivity index (χ4v) is 11.4. The van der Waals surface area contributed by atoms with E-state index in [1.165, 1.54) is 205 Å². The third-order valence-corrected chi connectivity index (χ3v) is 17.5. The van der Waals surface area contributed by atoms with Crippen molar-refractivity contribution in [2.24, 2.45) is 0 Å². The van der Waals surface area contributed by atoms with Gasteiger partial charge in [0.15, 0.2) is 0 Å². The first kappa shape index (κ1) is 85.9. The van der Waals surface area contributed by atoms with Crippen LogP contribution in [0.2, 0.25) is 0 Å². The number of nitrogens with one attached hydrogen (secondary N) is 1. The number of carbonyl (C=O) groups is 2. The Labute approximate surface area is 551 Å². The van der Waals surface area contributed by atoms with Crippen LogP contribution in [-0.4, -0.2) is 74.3 Å². The maximum atomic E-state index is 13.7. The number of quaternary nitrogens is 1. The van der Waals surface area contributed by atoms with E-state index < -0.39 is 20.0 Å². The van der Waals surface area contributed by atoms with Crippen molar-refractivity contribution in [1.29, 1.82) is 0 Å². The van der Waals surface area contributed by atoms with Gasteiger partial charge in [-0.2, -0.15) is 0 Å². The Balaban J connectivity index is 5.06. The lowest BCUT2D eigenvalue weighted by Crippen LogP contribution is -2.47. The lowest BCUT2D eigenvalue weighted by atomic mass is 10.0. The number of esters is 1. The lowest BCUT2D eigenvalue weighted by molar-refractivity contribution is -0.870. The van der Waals surface area contributed by atoms with Crippen LogP contribution in [0.5, 0.6) is 0 Å². The molecule has 9 nitrogen and oxygen atoms in total. The molecule has 89 heavy (non-hydrogen) atoms. The highest BCUT2D eigenvalue weighted by atomic mass is 31.2. The number of allylic oxidation sites excluding steroid dienone is 15. The van der Waals surface area contributed by atoms with E-state index in [0.717, 1.165) is 103 Å². The number of hydrogen-bond donors (Lipinski definition) is 2. The zero-order chi connectivity index (χ0) is 64.9. The van der Waals surface area contributed by atoms with Crippen molar-refractivity contribution in [3.63, 3.8) is 0 Å². The number of rotatable bonds is 68. The molecule has 0 aliphatic carbocycles. The number of ether oxygens (including phenoxy) is 1. The Kier molecular flexibility index (Phi) is 65.5. The molecule has 0 aliphatic heterocycles. The number of likely N-dealkylation sites (N-methyl/N-ethyl adjacent to an activating group) is 1. The SMILES string of the molecule is CCCCC/C=C\C/C=C\C/C=C\C/C=C\CCCCCCCCCC(=O)OC(/C=C\CCCCCCCCCCCCC)C(COP(=O)(O)OCC[N+](C)(C)C)NC(=O)CCCCCCCCCCCCCCCC/C=C\C/C=C\C/C=C\CCCCC. The summed E-state index contributed by atoms with van der Waals surface area (Å²) in [5, 5.41) is 3.08. The summed E-state index contributed by atoms with van der Waals surface area (Å²) in [6, 6.07) is -0.860. The molecule has 3 unspecified atom stereocenters. The van der Waals surface area contributed by atoms with Crippen LogP contribution in [0.15, 0.2) is 97.2 Å². The molecule has 0 aromatic carbocycles. The van der Waals surface area contributed by atoms with Crippen LogP contribution in [-0.2, 0) is 27.9 Å². The van der Waals surface area contributed by atoms with Crippen LogP contribution in [0.1, 0.15) is 342 Å². The molecule has 0 rings (SSSR count). The number of amides is 1. The lowest BCUT2D eigenvalue weighted by Gasteiger charge is -2.27. The molecule has 0 bridgehead atoms. The van der Waals surface area contributed by atoms with Crippen LogP contribution in [0.3, 0.4) is 0 Å². The molecule has 3 atom stereocenters. The molecule has 0 saturated heterocycles. The first-order valence-electron chi connectivity index (χ1n) is 37.6. The maximum Gasteiger partial charge on any atom is 0.472 e. The quantitative estimate of drug-likeness (QED) is 0.0205. The fourth-order valence-electron chi connectivity index (χ4n) is 10.7. The van der Waals surface area contributed by atoms with Gasteiger partial charge < -0.3 is 19.4 Å². The molecule has 516 valence electrons. The third-order valence-electron chi connectivity index (χ3n) is 16.5. The largest absolute Gasteiger partial charge is 0.472 e. The number of phosphoric ester groups is 1. The summed E-state index contributed by atoms with van der Waals surface area (Å²) >= 11 is 0. The van der Waals surface area contributed by atoms with Crippen LogP contribution in [0, 0.1) is 0 Å². The van der Waals surface area contributed by atoms with Gasteiger partial charge in [-0.1, -0.05) is 311 Å². The number of hydrogen-bond acceptors (Lipinski definition) is 6. The van der Waals surface area contributed by atoms with Crippen molar-refractivity contribution < 1.29 is 37.3 Å². The standard InChI is InChI=1S/C79H143N2O7P/c1-7-10-13-16-19-22-25-28-30-32-34-36-38-39-40-41-43-44-46-48-50-53-56-59-62-65-68-71-78(82)80-76(75-87-89(84,85)86-74-73-81(4,5)6)77(70-67-64-61-58-55-52-27-24-21-18-15-12-9-3)88-79(83)72-69-66-63-60-57-54-51-49-47-45-42-37-35-33-31-29-26-23-20-17-14-11-8-2/h19-20,22-23,28-31,34-37,45,47,67,70,76-77H,7-18,21,24-27,32-33,38-44,46,48-66,68-69,71-75H2,1-6H3,(H-,80,82,84,85)/p+1/b22-19-,23-20-,30-28-,31-29-,36-34-,37-35-,47-45-,70-67-. The second-order valence-corrected chi connectivity index (χ2v) is 27.9. The molecule has 0 spiro atoms. The molecule has 0 fully saturated rings. The van der Waals surface area contributed by atoms with Crippen molar-refractivity contribution in [3.8, 4) is 0 Å². The fraction of sp³-hybridized carbons (Fsp3) is 0.772. The molecular weight excluding hydrogens is 1120 g/mol. The van der Waals surface area contributed by atoms with Gasteiger partial charge in [-0.3, -0.25) is 18.6 Å². The van der Waals surface area contributed by atoms with Crippen molar-refractivity contribution in [1.82, 2.24) is 5.32 Å². The second-order valence-electron chi connectivity index (χ2n) is 26.5. The summed E-state index contributed by atoms with van der Waals surface area (Å²) in [7, 11) is 1.49. The number of phosphoric acid groups is 1. The second kappa shape index (κ2) is 67.8. The van der Waals surface area contributed by atoms with Gasteiger partial charge in [0.2, 0.25) is 5.91 Å². The Morgan fingerprint density at radius 3 is 1.04 bits per heavy atom. The monoisotopic (exact) mass is 1260 g/mol. The topological polar surface area (TPSA) is 111 Å². The number of unbranched alkanes of at least 4 members (excludes halogenated alkanes) is 38. The highest BCUT2D eigenvalue weighted by molar-refractivity contribution is 7.47. The zero-order valence-electron chi connectivity index (χ0n) is 59.2. The van der Waals surface area contributed by atoms with Gasteiger partial charge in [-0.25, -0.2) is 4.57 Å². The number of nitrogens with zero attached hydrogens (tertiary/aromatic N) is 1. The van der Waals surface area contributed by atoms with Crippen molar-refractivity contribution in [2.75, 3.05) is 40.9 Å². The summed E-state index contributed by atoms with van der Waals surface area (Å²) in [6.07, 6.45) is 92.7. The molecule has 0 saturated carbocycles. The summed E-state index contributed by atoms with van der Waals surface area (Å²) in [5.74, 6) is -0.511. The summed E-state index contributed by atoms with van der Waals surface area (Å²) in [4.78, 5) is 38.0. The molecule has 0 heterocycles. The Morgan fingerprint density at radius 1 is 0.393 bits per heavy atom. The summed E-state index contributed by atoms with van der Waals surface area (Å²) in [6.45, 7) is 6.98. The molecule has 0 aromatic rings. The van der Waals surface area contributed by atoms with E-state index in [9.17, 15) is 19.0 Å². The van der Waals surface area contributed by atoms with E-state index in [1.807, 2.05) is 33.3 Å². The van der Waals surface area contributed by atoms with Crippen LogP contribution in [0.25, 0.3) is 0 Å². The Morgan fingerprint density at radius 2 is 0.685 bits per heavy atom. The van der Waals surface area contributed by atoms with E-state index in [-0.39, 0.29) is 31.5 Å². The molecule has 10 heteroatoms. The molecular formula is C79H144N2O7P+. The van der Waals surface area contributed by atoms with Crippen molar-refractivity contribution >= 4 is 19.7 Å². The van der Waals surface area contributed by atoms with E-state index >= 15 is 0 Å². The van der Waals surface area contributed by atoms with Gasteiger partial charge in [-0.05, 0) is 115 Å². The van der Waals surface area contributed by atoms with Crippen molar-refractivity contribution in [3.05, 3.63) is 97.2 Å². The molecule has 0 aliphatic rings. The minimum Gasteiger partial charge on any atom is -0.456 e. The molecule has 2 N–H and O–H groups in total. The van der Waals surface area contributed by atoms with Crippen molar-refractivity contribution in [2.45, 2.75) is 354 Å². The van der Waals surface area contributed by atoms with Gasteiger partial charge in [-0.15, -0.1) is 0 Å². The van der Waals surface area contributed by atoms with Crippen LogP contribution in [0.4, 0.5) is 0 Å². The summed E-state index contributed by atoms with van der Waals surface area (Å²) < 4.78 is 30.9. The van der Waals surface area contributed by atoms with Gasteiger partial charge in [0.1, 0.15) is 19.3 Å². The maximum absolute atomic E-state index is 13.7. The van der Waals surface area contributed by atoms with E-state index in [0.29, 0.717) is 17.4 Å². The minimum atomic E-state index is -4.47. The van der Waals surface area contributed by atoms with Gasteiger partial charge in [0.05, 0.1) is 33.8 Å². The van der Waals surface area contributed by atoms with Gasteiger partial charge in [0, 0.05) is 12.8 Å². The smallest absolute Gasteiger partial charge is 0.456 e. The first-order valence-corrected chi connectivity index (χ1v) is 39.1. The Bertz CT molecular complexity index is 1840. The van der Waals surface area contributed by atoms with Gasteiger partial charge >= 0.3 is 13.8 Å². The minimum absolute atomic E-state index is 0.0352. The molecule has 0 radical (unpaired) electrons. The zero-order valence-corrected chi connectivity index (χ0v) is 60.1. The number of carbonyl (C=O) groups excluding carboxylic acids is 2. The first-order chi connectivity index (χ1) is 43.4. The van der Waals surface area contributed by atoms with E-state index in [2.05, 4.69) is 111 Å². The average molecular weight is 1270 g/mol. The molecule has 0 aromatic heterocycles. The van der Waals surface area contributed by atoms with E-state index in [1.54, 1.807) is 0 Å².